The fraction of sp³-hybridized carbons (Fsp3) is 0.412. The van der Waals surface area contributed by atoms with E-state index >= 15 is 0 Å². The maximum Gasteiger partial charge on any atom is 0.148 e. The highest BCUT2D eigenvalue weighted by atomic mass is 16.2. The second-order valence-corrected chi connectivity index (χ2v) is 5.42. The Bertz CT molecular complexity index is 471. The van der Waals surface area contributed by atoms with E-state index in [9.17, 15) is 9.59 Å². The van der Waals surface area contributed by atoms with Crippen LogP contribution < -0.4 is 0 Å². The molecule has 1 aromatic rings. The van der Waals surface area contributed by atoms with Crippen LogP contribution in [0.25, 0.3) is 6.08 Å². The zero-order chi connectivity index (χ0) is 14.5. The quantitative estimate of drug-likeness (QED) is 0.725. The lowest BCUT2D eigenvalue weighted by atomic mass is 9.75. The summed E-state index contributed by atoms with van der Waals surface area (Å²) < 4.78 is 0. The van der Waals surface area contributed by atoms with Gasteiger partial charge < -0.3 is 0 Å². The highest BCUT2D eigenvalue weighted by Gasteiger charge is 2.37. The van der Waals surface area contributed by atoms with Gasteiger partial charge in [0.1, 0.15) is 11.6 Å². The van der Waals surface area contributed by atoms with Crippen LogP contribution in [0.1, 0.15) is 39.7 Å². The van der Waals surface area contributed by atoms with E-state index in [1.807, 2.05) is 56.3 Å². The predicted molar refractivity (Wildman–Crippen MR) is 78.7 cm³/mol. The van der Waals surface area contributed by atoms with Gasteiger partial charge in [0.2, 0.25) is 0 Å². The number of carbonyl (C=O) groups is 2. The first-order valence-electron chi connectivity index (χ1n) is 6.65. The van der Waals surface area contributed by atoms with Crippen molar-refractivity contribution in [1.29, 1.82) is 0 Å². The number of carbonyl (C=O) groups excluding carboxylic acids is 2. The molecule has 19 heavy (non-hydrogen) atoms. The van der Waals surface area contributed by atoms with Gasteiger partial charge in [-0.3, -0.25) is 9.59 Å². The second-order valence-electron chi connectivity index (χ2n) is 5.42. The summed E-state index contributed by atoms with van der Waals surface area (Å²) in [4.78, 5) is 24.0. The number of benzene rings is 1. The number of hydrogen-bond donors (Lipinski definition) is 0. The molecule has 0 saturated carbocycles. The van der Waals surface area contributed by atoms with E-state index in [4.69, 9.17) is 0 Å². The van der Waals surface area contributed by atoms with Crippen molar-refractivity contribution in [3.63, 3.8) is 0 Å². The van der Waals surface area contributed by atoms with E-state index in [1.165, 1.54) is 6.92 Å². The van der Waals surface area contributed by atoms with Crippen LogP contribution in [0.5, 0.6) is 0 Å². The van der Waals surface area contributed by atoms with Crippen LogP contribution in [0.3, 0.4) is 0 Å². The summed E-state index contributed by atoms with van der Waals surface area (Å²) in [6.07, 6.45) is 4.32. The standard InChI is InChI=1S/C17H22O2/c1-13(2)16(19)17(4,14(3)18)12-8-11-15-9-6-5-7-10-15/h5-11,13H,12H2,1-4H3/b11-8+/t17-/m0/s1. The van der Waals surface area contributed by atoms with Gasteiger partial charge in [-0.1, -0.05) is 56.3 Å². The Labute approximate surface area is 115 Å². The molecule has 1 atom stereocenters. The van der Waals surface area contributed by atoms with Crippen LogP contribution in [-0.4, -0.2) is 11.6 Å². The lowest BCUT2D eigenvalue weighted by Crippen LogP contribution is -2.37. The zero-order valence-electron chi connectivity index (χ0n) is 12.1. The minimum atomic E-state index is -0.903. The largest absolute Gasteiger partial charge is 0.299 e. The predicted octanol–water partition coefficient (Wildman–Crippen LogP) is 3.91. The molecule has 0 unspecified atom stereocenters. The van der Waals surface area contributed by atoms with Gasteiger partial charge in [0, 0.05) is 5.92 Å². The third kappa shape index (κ3) is 3.88. The molecule has 0 aliphatic heterocycles. The van der Waals surface area contributed by atoms with Gasteiger partial charge in [-0.25, -0.2) is 0 Å². The molecule has 102 valence electrons. The molecule has 0 N–H and O–H groups in total. The normalized spacial score (nSPS) is 14.6. The molecular weight excluding hydrogens is 236 g/mol. The summed E-state index contributed by atoms with van der Waals surface area (Å²) in [6, 6.07) is 9.86. The molecule has 0 aliphatic rings. The average molecular weight is 258 g/mol. The number of hydrogen-bond acceptors (Lipinski definition) is 2. The van der Waals surface area contributed by atoms with E-state index in [-0.39, 0.29) is 17.5 Å². The lowest BCUT2D eigenvalue weighted by Gasteiger charge is -2.25. The molecule has 1 rings (SSSR count). The lowest BCUT2D eigenvalue weighted by molar-refractivity contribution is -0.140. The van der Waals surface area contributed by atoms with Crippen molar-refractivity contribution in [2.45, 2.75) is 34.1 Å². The summed E-state index contributed by atoms with van der Waals surface area (Å²) in [5, 5.41) is 0. The maximum absolute atomic E-state index is 12.2. The van der Waals surface area contributed by atoms with Gasteiger partial charge in [0.15, 0.2) is 0 Å². The molecule has 0 heterocycles. The topological polar surface area (TPSA) is 34.1 Å². The molecule has 0 aliphatic carbocycles. The highest BCUT2D eigenvalue weighted by Crippen LogP contribution is 2.28. The van der Waals surface area contributed by atoms with Crippen LogP contribution in [0.2, 0.25) is 0 Å². The van der Waals surface area contributed by atoms with Gasteiger partial charge in [0.05, 0.1) is 5.41 Å². The van der Waals surface area contributed by atoms with Gasteiger partial charge >= 0.3 is 0 Å². The van der Waals surface area contributed by atoms with Gasteiger partial charge in [-0.2, -0.15) is 0 Å². The minimum Gasteiger partial charge on any atom is -0.299 e. The second kappa shape index (κ2) is 6.46. The van der Waals surface area contributed by atoms with Crippen molar-refractivity contribution >= 4 is 17.6 Å². The summed E-state index contributed by atoms with van der Waals surface area (Å²) in [5.74, 6) is -0.180. The van der Waals surface area contributed by atoms with Crippen molar-refractivity contribution in [2.75, 3.05) is 0 Å². The Hall–Kier alpha value is -1.70. The molecule has 2 nitrogen and oxygen atoms in total. The third-order valence-electron chi connectivity index (χ3n) is 3.48. The van der Waals surface area contributed by atoms with Crippen LogP contribution in [0, 0.1) is 11.3 Å². The van der Waals surface area contributed by atoms with E-state index < -0.39 is 5.41 Å². The summed E-state index contributed by atoms with van der Waals surface area (Å²) >= 11 is 0. The Balaban J connectivity index is 2.84. The van der Waals surface area contributed by atoms with E-state index in [1.54, 1.807) is 6.92 Å². The number of allylic oxidation sites excluding steroid dienone is 1. The molecule has 0 fully saturated rings. The Morgan fingerprint density at radius 2 is 1.79 bits per heavy atom. The first kappa shape index (κ1) is 15.4. The smallest absolute Gasteiger partial charge is 0.148 e. The molecular formula is C17H22O2. The molecule has 0 amide bonds. The summed E-state index contributed by atoms with van der Waals surface area (Å²) in [5.41, 5.74) is 0.171. The fourth-order valence-electron chi connectivity index (χ4n) is 2.05. The zero-order valence-corrected chi connectivity index (χ0v) is 12.1. The summed E-state index contributed by atoms with van der Waals surface area (Å²) in [7, 11) is 0. The number of Topliss-reactive ketones (excluding diaryl/α,β-unsaturated/α-hetero) is 2. The third-order valence-corrected chi connectivity index (χ3v) is 3.48. The summed E-state index contributed by atoms with van der Waals surface area (Å²) in [6.45, 7) is 6.92. The van der Waals surface area contributed by atoms with Crippen LogP contribution in [-0.2, 0) is 9.59 Å². The van der Waals surface area contributed by atoms with Crippen molar-refractivity contribution in [1.82, 2.24) is 0 Å². The first-order valence-corrected chi connectivity index (χ1v) is 6.65. The van der Waals surface area contributed by atoms with E-state index in [0.717, 1.165) is 5.56 Å². The Morgan fingerprint density at radius 1 is 1.21 bits per heavy atom. The van der Waals surface area contributed by atoms with Crippen molar-refractivity contribution in [3.8, 4) is 0 Å². The van der Waals surface area contributed by atoms with Gasteiger partial charge in [-0.15, -0.1) is 0 Å². The minimum absolute atomic E-state index is 0.0118. The molecule has 1 aromatic carbocycles. The molecule has 0 bridgehead atoms. The maximum atomic E-state index is 12.2. The molecule has 2 heteroatoms. The van der Waals surface area contributed by atoms with E-state index in [2.05, 4.69) is 0 Å². The van der Waals surface area contributed by atoms with Crippen molar-refractivity contribution in [3.05, 3.63) is 42.0 Å². The molecule has 0 spiro atoms. The number of rotatable bonds is 6. The Morgan fingerprint density at radius 3 is 2.26 bits per heavy atom. The first-order chi connectivity index (χ1) is 8.88. The van der Waals surface area contributed by atoms with E-state index in [0.29, 0.717) is 6.42 Å². The van der Waals surface area contributed by atoms with Crippen LogP contribution >= 0.6 is 0 Å². The molecule has 0 aromatic heterocycles. The highest BCUT2D eigenvalue weighted by molar-refractivity contribution is 6.06. The van der Waals surface area contributed by atoms with Gasteiger partial charge in [-0.05, 0) is 25.8 Å². The average Bonchev–Trinajstić information content (AvgIpc) is 2.38. The Kier molecular flexibility index (Phi) is 5.22. The fourth-order valence-corrected chi connectivity index (χ4v) is 2.05. The number of ketones is 2. The van der Waals surface area contributed by atoms with Crippen molar-refractivity contribution < 1.29 is 9.59 Å². The molecule has 0 saturated heterocycles. The monoisotopic (exact) mass is 258 g/mol. The SMILES string of the molecule is CC(=O)[C@](C)(C/C=C/c1ccccc1)C(=O)C(C)C. The van der Waals surface area contributed by atoms with Crippen LogP contribution in [0.15, 0.2) is 36.4 Å². The van der Waals surface area contributed by atoms with Crippen LogP contribution in [0.4, 0.5) is 0 Å². The van der Waals surface area contributed by atoms with Gasteiger partial charge in [0.25, 0.3) is 0 Å². The van der Waals surface area contributed by atoms with Crippen molar-refractivity contribution in [2.24, 2.45) is 11.3 Å². The molecule has 0 radical (unpaired) electrons.